The summed E-state index contributed by atoms with van der Waals surface area (Å²) in [6.45, 7) is 5.84. The summed E-state index contributed by atoms with van der Waals surface area (Å²) in [6.07, 6.45) is 1.03. The number of nitrogens with zero attached hydrogens (tertiary/aromatic N) is 1. The zero-order valence-corrected chi connectivity index (χ0v) is 12.6. The van der Waals surface area contributed by atoms with Crippen LogP contribution in [-0.2, 0) is 4.79 Å². The number of hydrogen-bond acceptors (Lipinski definition) is 3. The Balaban J connectivity index is 2.96. The normalized spacial score (nSPS) is 11.8. The van der Waals surface area contributed by atoms with Gasteiger partial charge in [0.05, 0.1) is 5.69 Å². The maximum Gasteiger partial charge on any atom is 0.326 e. The van der Waals surface area contributed by atoms with Gasteiger partial charge >= 0.3 is 12.0 Å². The number of benzene rings is 1. The number of carboxylic acid groups (broad SMARTS) is 1. The van der Waals surface area contributed by atoms with E-state index < -0.39 is 18.0 Å². The molecule has 0 aliphatic carbocycles. The zero-order chi connectivity index (χ0) is 16.0. The minimum atomic E-state index is -1.05. The summed E-state index contributed by atoms with van der Waals surface area (Å²) < 4.78 is 0. The van der Waals surface area contributed by atoms with Crippen LogP contribution < -0.4 is 10.2 Å². The summed E-state index contributed by atoms with van der Waals surface area (Å²) in [5.41, 5.74) is 1.39. The molecule has 1 atom stereocenters. The number of aliphatic carboxylic acids is 1. The van der Waals surface area contributed by atoms with Crippen LogP contribution in [0, 0.1) is 6.92 Å². The highest BCUT2D eigenvalue weighted by Crippen LogP contribution is 2.25. The van der Waals surface area contributed by atoms with E-state index in [0.29, 0.717) is 25.1 Å². The molecule has 0 aliphatic heterocycles. The minimum Gasteiger partial charge on any atom is -0.508 e. The summed E-state index contributed by atoms with van der Waals surface area (Å²) in [5.74, 6) is -0.987. The van der Waals surface area contributed by atoms with Crippen molar-refractivity contribution in [2.45, 2.75) is 39.7 Å². The number of rotatable bonds is 6. The van der Waals surface area contributed by atoms with Crippen LogP contribution in [0.25, 0.3) is 0 Å². The molecule has 0 saturated heterocycles. The van der Waals surface area contributed by atoms with E-state index in [-0.39, 0.29) is 5.75 Å². The molecule has 6 nitrogen and oxygen atoms in total. The molecule has 6 heteroatoms. The predicted octanol–water partition coefficient (Wildman–Crippen LogP) is 2.49. The molecule has 0 heterocycles. The van der Waals surface area contributed by atoms with Crippen LogP contribution in [0.4, 0.5) is 10.5 Å². The molecule has 1 rings (SSSR count). The molecule has 1 aromatic carbocycles. The third kappa shape index (κ3) is 4.37. The zero-order valence-electron chi connectivity index (χ0n) is 12.6. The molecule has 1 aromatic rings. The van der Waals surface area contributed by atoms with Crippen LogP contribution in [0.2, 0.25) is 0 Å². The molecule has 1 unspecified atom stereocenters. The Morgan fingerprint density at radius 1 is 1.33 bits per heavy atom. The molecule has 0 bridgehead atoms. The Labute approximate surface area is 124 Å². The van der Waals surface area contributed by atoms with Gasteiger partial charge in [-0.1, -0.05) is 19.4 Å². The largest absolute Gasteiger partial charge is 0.508 e. The van der Waals surface area contributed by atoms with E-state index in [9.17, 15) is 14.7 Å². The number of phenols is 1. The maximum absolute atomic E-state index is 12.3. The van der Waals surface area contributed by atoms with Crippen molar-refractivity contribution in [3.05, 3.63) is 23.8 Å². The van der Waals surface area contributed by atoms with E-state index in [4.69, 9.17) is 5.11 Å². The maximum atomic E-state index is 12.3. The van der Waals surface area contributed by atoms with Gasteiger partial charge in [0.25, 0.3) is 0 Å². The van der Waals surface area contributed by atoms with Gasteiger partial charge in [0.15, 0.2) is 0 Å². The first kappa shape index (κ1) is 16.8. The molecule has 2 amide bonds. The van der Waals surface area contributed by atoms with Crippen LogP contribution in [-0.4, -0.2) is 34.8 Å². The lowest BCUT2D eigenvalue weighted by atomic mass is 10.1. The quantitative estimate of drug-likeness (QED) is 0.752. The average Bonchev–Trinajstić information content (AvgIpc) is 2.42. The van der Waals surface area contributed by atoms with Gasteiger partial charge in [-0.25, -0.2) is 9.59 Å². The van der Waals surface area contributed by atoms with Crippen LogP contribution in [0.3, 0.4) is 0 Å². The first-order chi connectivity index (χ1) is 9.90. The van der Waals surface area contributed by atoms with E-state index in [1.165, 1.54) is 11.0 Å². The van der Waals surface area contributed by atoms with E-state index in [1.54, 1.807) is 19.1 Å². The van der Waals surface area contributed by atoms with Crippen molar-refractivity contribution in [2.24, 2.45) is 0 Å². The summed E-state index contributed by atoms with van der Waals surface area (Å²) in [7, 11) is 0. The second-order valence-corrected chi connectivity index (χ2v) is 4.84. The van der Waals surface area contributed by atoms with Gasteiger partial charge < -0.3 is 15.5 Å². The molecule has 0 radical (unpaired) electrons. The van der Waals surface area contributed by atoms with E-state index in [2.05, 4.69) is 5.32 Å². The van der Waals surface area contributed by atoms with Gasteiger partial charge in [-0.2, -0.15) is 0 Å². The fourth-order valence-electron chi connectivity index (χ4n) is 2.08. The number of urea groups is 1. The molecule has 0 aliphatic rings. The molecule has 0 aromatic heterocycles. The van der Waals surface area contributed by atoms with E-state index >= 15 is 0 Å². The van der Waals surface area contributed by atoms with Crippen LogP contribution in [0.15, 0.2) is 18.2 Å². The standard InChI is InChI=1S/C15H22N2O4/c1-4-6-12(14(19)20)16-15(21)17(5-2)13-9-11(18)8-7-10(13)3/h7-9,12,18H,4-6H2,1-3H3,(H,16,21)(H,19,20). The van der Waals surface area contributed by atoms with Crippen molar-refractivity contribution in [2.75, 3.05) is 11.4 Å². The minimum absolute atomic E-state index is 0.0604. The number of amides is 2. The second kappa shape index (κ2) is 7.52. The fourth-order valence-corrected chi connectivity index (χ4v) is 2.08. The van der Waals surface area contributed by atoms with Crippen molar-refractivity contribution >= 4 is 17.7 Å². The van der Waals surface area contributed by atoms with Gasteiger partial charge in [-0.05, 0) is 31.9 Å². The summed E-state index contributed by atoms with van der Waals surface area (Å²) in [4.78, 5) is 24.8. The number of carbonyl (C=O) groups excluding carboxylic acids is 1. The lowest BCUT2D eigenvalue weighted by Gasteiger charge is -2.25. The third-order valence-corrected chi connectivity index (χ3v) is 3.22. The SMILES string of the molecule is CCCC(NC(=O)N(CC)c1cc(O)ccc1C)C(=O)O. The molecule has 116 valence electrons. The highest BCUT2D eigenvalue weighted by Gasteiger charge is 2.23. The molecule has 0 saturated carbocycles. The van der Waals surface area contributed by atoms with Gasteiger partial charge in [0.1, 0.15) is 11.8 Å². The van der Waals surface area contributed by atoms with Crippen molar-refractivity contribution in [3.63, 3.8) is 0 Å². The molecule has 21 heavy (non-hydrogen) atoms. The molecular weight excluding hydrogens is 272 g/mol. The van der Waals surface area contributed by atoms with Crippen molar-refractivity contribution in [1.29, 1.82) is 0 Å². The predicted molar refractivity (Wildman–Crippen MR) is 80.7 cm³/mol. The third-order valence-electron chi connectivity index (χ3n) is 3.22. The monoisotopic (exact) mass is 294 g/mol. The average molecular weight is 294 g/mol. The highest BCUT2D eigenvalue weighted by atomic mass is 16.4. The smallest absolute Gasteiger partial charge is 0.326 e. The van der Waals surface area contributed by atoms with Crippen LogP contribution in [0.1, 0.15) is 32.3 Å². The number of nitrogens with one attached hydrogen (secondary N) is 1. The Hall–Kier alpha value is -2.24. The Kier molecular flexibility index (Phi) is 6.02. The van der Waals surface area contributed by atoms with Gasteiger partial charge in [-0.15, -0.1) is 0 Å². The fraction of sp³-hybridized carbons (Fsp3) is 0.467. The lowest BCUT2D eigenvalue weighted by molar-refractivity contribution is -0.139. The number of aromatic hydroxyl groups is 1. The van der Waals surface area contributed by atoms with Gasteiger partial charge in [0, 0.05) is 12.6 Å². The number of hydrogen-bond donors (Lipinski definition) is 3. The van der Waals surface area contributed by atoms with E-state index in [1.807, 2.05) is 13.8 Å². The Morgan fingerprint density at radius 3 is 2.52 bits per heavy atom. The van der Waals surface area contributed by atoms with Crippen LogP contribution >= 0.6 is 0 Å². The number of anilines is 1. The molecular formula is C15H22N2O4. The van der Waals surface area contributed by atoms with Gasteiger partial charge in [-0.3, -0.25) is 4.90 Å². The second-order valence-electron chi connectivity index (χ2n) is 4.84. The first-order valence-corrected chi connectivity index (χ1v) is 7.01. The number of phenolic OH excluding ortho intramolecular Hbond substituents is 1. The molecule has 3 N–H and O–H groups in total. The lowest BCUT2D eigenvalue weighted by Crippen LogP contribution is -2.48. The molecule has 0 spiro atoms. The summed E-state index contributed by atoms with van der Waals surface area (Å²) >= 11 is 0. The number of aryl methyl sites for hydroxylation is 1. The van der Waals surface area contributed by atoms with Gasteiger partial charge in [0.2, 0.25) is 0 Å². The Bertz CT molecular complexity index is 516. The Morgan fingerprint density at radius 2 is 2.00 bits per heavy atom. The molecule has 0 fully saturated rings. The highest BCUT2D eigenvalue weighted by molar-refractivity contribution is 5.95. The number of carboxylic acids is 1. The first-order valence-electron chi connectivity index (χ1n) is 7.01. The van der Waals surface area contributed by atoms with E-state index in [0.717, 1.165) is 5.56 Å². The summed E-state index contributed by atoms with van der Waals surface area (Å²) in [6, 6.07) is 3.36. The number of carbonyl (C=O) groups is 2. The topological polar surface area (TPSA) is 89.9 Å². The van der Waals surface area contributed by atoms with Crippen molar-refractivity contribution < 1.29 is 19.8 Å². The summed E-state index contributed by atoms with van der Waals surface area (Å²) in [5, 5.41) is 21.2. The van der Waals surface area contributed by atoms with Crippen molar-refractivity contribution in [3.8, 4) is 5.75 Å². The van der Waals surface area contributed by atoms with Crippen LogP contribution in [0.5, 0.6) is 5.75 Å². The van der Waals surface area contributed by atoms with Crippen molar-refractivity contribution in [1.82, 2.24) is 5.32 Å².